The van der Waals surface area contributed by atoms with E-state index in [0.717, 1.165) is 35.9 Å². The number of aliphatic carboxylic acids is 1. The van der Waals surface area contributed by atoms with E-state index in [9.17, 15) is 18.4 Å². The fourth-order valence-electron chi connectivity index (χ4n) is 2.41. The molecular formula is C15H17F2NO4. The molecule has 1 amide bonds. The van der Waals surface area contributed by atoms with Gasteiger partial charge in [0.1, 0.15) is 18.2 Å². The van der Waals surface area contributed by atoms with Crippen molar-refractivity contribution in [3.63, 3.8) is 0 Å². The van der Waals surface area contributed by atoms with Crippen LogP contribution in [0.25, 0.3) is 0 Å². The Kier molecular flexibility index (Phi) is 5.43. The molecule has 0 aliphatic carbocycles. The summed E-state index contributed by atoms with van der Waals surface area (Å²) in [7, 11) is 0. The van der Waals surface area contributed by atoms with Crippen molar-refractivity contribution in [1.82, 2.24) is 4.90 Å². The molecule has 1 saturated heterocycles. The summed E-state index contributed by atoms with van der Waals surface area (Å²) in [5.74, 6) is -3.07. The van der Waals surface area contributed by atoms with Crippen molar-refractivity contribution in [1.29, 1.82) is 0 Å². The Morgan fingerprint density at radius 3 is 2.77 bits per heavy atom. The normalized spacial score (nSPS) is 17.5. The number of ether oxygens (including phenoxy) is 1. The number of benzene rings is 1. The average Bonchev–Trinajstić information content (AvgIpc) is 2.94. The van der Waals surface area contributed by atoms with Crippen molar-refractivity contribution >= 4 is 11.9 Å². The highest BCUT2D eigenvalue weighted by atomic mass is 19.1. The van der Waals surface area contributed by atoms with Gasteiger partial charge < -0.3 is 14.7 Å². The van der Waals surface area contributed by atoms with Gasteiger partial charge in [-0.15, -0.1) is 0 Å². The zero-order valence-corrected chi connectivity index (χ0v) is 11.9. The van der Waals surface area contributed by atoms with Crippen LogP contribution in [0.2, 0.25) is 0 Å². The summed E-state index contributed by atoms with van der Waals surface area (Å²) in [4.78, 5) is 24.2. The Bertz CT molecular complexity index is 558. The van der Waals surface area contributed by atoms with E-state index >= 15 is 0 Å². The van der Waals surface area contributed by atoms with E-state index in [2.05, 4.69) is 0 Å². The highest BCUT2D eigenvalue weighted by Gasteiger charge is 2.25. The van der Waals surface area contributed by atoms with E-state index in [0.29, 0.717) is 6.61 Å². The summed E-state index contributed by atoms with van der Waals surface area (Å²) in [6.45, 7) is 0.232. The summed E-state index contributed by atoms with van der Waals surface area (Å²) in [5.41, 5.74) is -0.0901. The number of amides is 1. The molecule has 0 bridgehead atoms. The van der Waals surface area contributed by atoms with E-state index in [4.69, 9.17) is 9.84 Å². The molecule has 0 radical (unpaired) electrons. The fraction of sp³-hybridized carbons (Fsp3) is 0.467. The lowest BCUT2D eigenvalue weighted by molar-refractivity contribution is -0.145. The lowest BCUT2D eigenvalue weighted by atomic mass is 10.1. The summed E-state index contributed by atoms with van der Waals surface area (Å²) >= 11 is 0. The predicted octanol–water partition coefficient (Wildman–Crippen LogP) is 1.60. The summed E-state index contributed by atoms with van der Waals surface area (Å²) in [5, 5.41) is 8.90. The third-order valence-electron chi connectivity index (χ3n) is 3.48. The Hall–Kier alpha value is -2.02. The van der Waals surface area contributed by atoms with Gasteiger partial charge in [-0.2, -0.15) is 0 Å². The number of rotatable bonds is 6. The lowest BCUT2D eigenvalue weighted by Crippen LogP contribution is -2.41. The van der Waals surface area contributed by atoms with E-state index in [1.54, 1.807) is 0 Å². The highest BCUT2D eigenvalue weighted by Crippen LogP contribution is 2.15. The van der Waals surface area contributed by atoms with Gasteiger partial charge in [-0.3, -0.25) is 9.59 Å². The zero-order valence-electron chi connectivity index (χ0n) is 11.9. The molecule has 1 fully saturated rings. The molecule has 0 aromatic heterocycles. The van der Waals surface area contributed by atoms with Gasteiger partial charge in [0.2, 0.25) is 5.91 Å². The second kappa shape index (κ2) is 7.31. The number of carboxylic acid groups (broad SMARTS) is 1. The van der Waals surface area contributed by atoms with Gasteiger partial charge >= 0.3 is 5.97 Å². The molecule has 22 heavy (non-hydrogen) atoms. The molecule has 2 rings (SSSR count). The SMILES string of the molecule is O=C(O)CN(C[C@@H]1CCCO1)C(=O)Cc1cc(F)ccc1F. The standard InChI is InChI=1S/C15H17F2NO4/c16-11-3-4-13(17)10(6-11)7-14(19)18(9-15(20)21)8-12-2-1-5-22-12/h3-4,6,12H,1-2,5,7-9H2,(H,20,21)/t12-/m0/s1. The van der Waals surface area contributed by atoms with Crippen LogP contribution in [0.1, 0.15) is 18.4 Å². The minimum Gasteiger partial charge on any atom is -0.480 e. The first-order valence-corrected chi connectivity index (χ1v) is 7.01. The Morgan fingerprint density at radius 2 is 2.14 bits per heavy atom. The number of nitrogens with zero attached hydrogens (tertiary/aromatic N) is 1. The van der Waals surface area contributed by atoms with Crippen LogP contribution in [-0.2, 0) is 20.7 Å². The van der Waals surface area contributed by atoms with Crippen molar-refractivity contribution in [3.05, 3.63) is 35.4 Å². The maximum Gasteiger partial charge on any atom is 0.323 e. The largest absolute Gasteiger partial charge is 0.480 e. The first-order chi connectivity index (χ1) is 10.5. The van der Waals surface area contributed by atoms with E-state index in [1.807, 2.05) is 0 Å². The number of hydrogen-bond acceptors (Lipinski definition) is 3. The summed E-state index contributed by atoms with van der Waals surface area (Å²) < 4.78 is 32.1. The number of carbonyl (C=O) groups excluding carboxylic acids is 1. The third kappa shape index (κ3) is 4.49. The smallest absolute Gasteiger partial charge is 0.323 e. The van der Waals surface area contributed by atoms with E-state index in [-0.39, 0.29) is 24.6 Å². The number of carbonyl (C=O) groups is 2. The van der Waals surface area contributed by atoms with Gasteiger partial charge in [0.25, 0.3) is 0 Å². The van der Waals surface area contributed by atoms with Crippen molar-refractivity contribution in [2.75, 3.05) is 19.7 Å². The van der Waals surface area contributed by atoms with Crippen LogP contribution in [0.5, 0.6) is 0 Å². The Balaban J connectivity index is 2.06. The molecule has 1 aromatic rings. The Morgan fingerprint density at radius 1 is 1.36 bits per heavy atom. The molecule has 1 aliphatic rings. The molecular weight excluding hydrogens is 296 g/mol. The molecule has 1 heterocycles. The number of carboxylic acids is 1. The molecule has 1 N–H and O–H groups in total. The Labute approximate surface area is 126 Å². The summed E-state index contributed by atoms with van der Waals surface area (Å²) in [6.07, 6.45) is 1.01. The van der Waals surface area contributed by atoms with Gasteiger partial charge in [-0.1, -0.05) is 0 Å². The van der Waals surface area contributed by atoms with Crippen molar-refractivity contribution < 1.29 is 28.2 Å². The first-order valence-electron chi connectivity index (χ1n) is 7.01. The monoisotopic (exact) mass is 313 g/mol. The van der Waals surface area contributed by atoms with Crippen molar-refractivity contribution in [2.45, 2.75) is 25.4 Å². The van der Waals surface area contributed by atoms with Gasteiger partial charge in [0.05, 0.1) is 12.5 Å². The van der Waals surface area contributed by atoms with E-state index < -0.39 is 30.1 Å². The maximum absolute atomic E-state index is 13.6. The molecule has 1 aromatic carbocycles. The maximum atomic E-state index is 13.6. The summed E-state index contributed by atoms with van der Waals surface area (Å²) in [6, 6.07) is 2.85. The quantitative estimate of drug-likeness (QED) is 0.866. The molecule has 120 valence electrons. The minimum atomic E-state index is -1.16. The average molecular weight is 313 g/mol. The van der Waals surface area contributed by atoms with Gasteiger partial charge in [-0.25, -0.2) is 8.78 Å². The fourth-order valence-corrected chi connectivity index (χ4v) is 2.41. The molecule has 0 saturated carbocycles. The van der Waals surface area contributed by atoms with Crippen LogP contribution in [0, 0.1) is 11.6 Å². The van der Waals surface area contributed by atoms with Gasteiger partial charge in [0.15, 0.2) is 0 Å². The molecule has 1 atom stereocenters. The number of halogens is 2. The van der Waals surface area contributed by atoms with Crippen molar-refractivity contribution in [3.8, 4) is 0 Å². The topological polar surface area (TPSA) is 66.8 Å². The first kappa shape index (κ1) is 16.4. The second-order valence-electron chi connectivity index (χ2n) is 5.22. The van der Waals surface area contributed by atoms with Crippen LogP contribution in [0.15, 0.2) is 18.2 Å². The van der Waals surface area contributed by atoms with Crippen LogP contribution in [0.4, 0.5) is 8.78 Å². The minimum absolute atomic E-state index is 0.0901. The zero-order chi connectivity index (χ0) is 16.1. The predicted molar refractivity (Wildman–Crippen MR) is 73.3 cm³/mol. The van der Waals surface area contributed by atoms with E-state index in [1.165, 1.54) is 0 Å². The van der Waals surface area contributed by atoms with Crippen LogP contribution < -0.4 is 0 Å². The van der Waals surface area contributed by atoms with Gasteiger partial charge in [-0.05, 0) is 31.0 Å². The van der Waals surface area contributed by atoms with Crippen molar-refractivity contribution in [2.24, 2.45) is 0 Å². The molecule has 7 heteroatoms. The molecule has 1 aliphatic heterocycles. The molecule has 0 spiro atoms. The molecule has 0 unspecified atom stereocenters. The van der Waals surface area contributed by atoms with Gasteiger partial charge in [0, 0.05) is 18.7 Å². The highest BCUT2D eigenvalue weighted by molar-refractivity contribution is 5.83. The lowest BCUT2D eigenvalue weighted by Gasteiger charge is -2.24. The van der Waals surface area contributed by atoms with Crippen LogP contribution >= 0.6 is 0 Å². The second-order valence-corrected chi connectivity index (χ2v) is 5.22. The van der Waals surface area contributed by atoms with Crippen LogP contribution in [-0.4, -0.2) is 47.7 Å². The third-order valence-corrected chi connectivity index (χ3v) is 3.48. The molecule has 5 nitrogen and oxygen atoms in total. The van der Waals surface area contributed by atoms with Crippen LogP contribution in [0.3, 0.4) is 0 Å². The number of hydrogen-bond donors (Lipinski definition) is 1.